The Balaban J connectivity index is 2.03. The molecule has 1 heterocycles. The third-order valence-corrected chi connectivity index (χ3v) is 3.25. The van der Waals surface area contributed by atoms with Crippen molar-refractivity contribution in [3.63, 3.8) is 0 Å². The standard InChI is InChI=1S/C14H16F5N2O/c15-13(16,17)14(18,19)22-12-4-1-3-11(9-12)10-21-7-2-5-20-6-8-21/h1,3-4,9H,2,5-8,10H2. The molecule has 1 radical (unpaired) electrons. The fourth-order valence-electron chi connectivity index (χ4n) is 2.17. The van der Waals surface area contributed by atoms with Gasteiger partial charge in [-0.1, -0.05) is 12.1 Å². The summed E-state index contributed by atoms with van der Waals surface area (Å²) in [6.07, 6.45) is -10.0. The highest BCUT2D eigenvalue weighted by molar-refractivity contribution is 5.29. The molecular weight excluding hydrogens is 307 g/mol. The first-order valence-corrected chi connectivity index (χ1v) is 6.86. The molecule has 0 aliphatic carbocycles. The van der Waals surface area contributed by atoms with Crippen LogP contribution in [0.3, 0.4) is 0 Å². The molecule has 0 atom stereocenters. The molecule has 0 spiro atoms. The van der Waals surface area contributed by atoms with E-state index in [9.17, 15) is 22.0 Å². The van der Waals surface area contributed by atoms with E-state index in [2.05, 4.69) is 15.0 Å². The maximum atomic E-state index is 12.9. The molecule has 1 fully saturated rings. The average molecular weight is 323 g/mol. The van der Waals surface area contributed by atoms with Gasteiger partial charge in [0, 0.05) is 26.2 Å². The van der Waals surface area contributed by atoms with Crippen molar-refractivity contribution in [3.05, 3.63) is 29.8 Å². The van der Waals surface area contributed by atoms with Crippen molar-refractivity contribution >= 4 is 0 Å². The Morgan fingerprint density at radius 2 is 1.86 bits per heavy atom. The Bertz CT molecular complexity index is 484. The van der Waals surface area contributed by atoms with Crippen LogP contribution < -0.4 is 10.1 Å². The van der Waals surface area contributed by atoms with Gasteiger partial charge in [-0.3, -0.25) is 4.90 Å². The van der Waals surface area contributed by atoms with Gasteiger partial charge in [-0.2, -0.15) is 22.0 Å². The van der Waals surface area contributed by atoms with Gasteiger partial charge < -0.3 is 4.74 Å². The van der Waals surface area contributed by atoms with Crippen LogP contribution in [0.5, 0.6) is 5.75 Å². The first kappa shape index (κ1) is 17.0. The van der Waals surface area contributed by atoms with Crippen molar-refractivity contribution in [1.29, 1.82) is 0 Å². The van der Waals surface area contributed by atoms with Crippen LogP contribution in [0.15, 0.2) is 24.3 Å². The average Bonchev–Trinajstić information content (AvgIpc) is 2.66. The Morgan fingerprint density at radius 3 is 2.59 bits per heavy atom. The molecule has 123 valence electrons. The molecule has 0 aromatic heterocycles. The third kappa shape index (κ3) is 4.54. The monoisotopic (exact) mass is 323 g/mol. The molecule has 0 unspecified atom stereocenters. The van der Waals surface area contributed by atoms with Crippen LogP contribution >= 0.6 is 0 Å². The fourth-order valence-corrected chi connectivity index (χ4v) is 2.17. The molecule has 1 aliphatic rings. The summed E-state index contributed by atoms with van der Waals surface area (Å²) < 4.78 is 66.0. The van der Waals surface area contributed by atoms with Gasteiger partial charge in [0.2, 0.25) is 0 Å². The topological polar surface area (TPSA) is 26.6 Å². The van der Waals surface area contributed by atoms with E-state index in [1.165, 1.54) is 12.1 Å². The summed E-state index contributed by atoms with van der Waals surface area (Å²) in [6.45, 7) is 3.50. The van der Waals surface area contributed by atoms with Crippen LogP contribution in [-0.4, -0.2) is 43.4 Å². The number of hydrogen-bond acceptors (Lipinski definition) is 2. The van der Waals surface area contributed by atoms with E-state index in [-0.39, 0.29) is 0 Å². The number of ether oxygens (including phenoxy) is 1. The number of halogens is 5. The van der Waals surface area contributed by atoms with Crippen LogP contribution in [0, 0.1) is 0 Å². The highest BCUT2D eigenvalue weighted by atomic mass is 19.4. The van der Waals surface area contributed by atoms with Gasteiger partial charge in [0.1, 0.15) is 5.75 Å². The largest absolute Gasteiger partial charge is 0.499 e. The van der Waals surface area contributed by atoms with Crippen LogP contribution in [0.4, 0.5) is 22.0 Å². The molecule has 3 nitrogen and oxygen atoms in total. The van der Waals surface area contributed by atoms with Crippen LogP contribution in [0.2, 0.25) is 0 Å². The molecule has 1 aromatic rings. The molecule has 0 N–H and O–H groups in total. The molecule has 1 saturated heterocycles. The lowest BCUT2D eigenvalue weighted by molar-refractivity contribution is -0.360. The molecule has 1 aromatic carbocycles. The molecule has 22 heavy (non-hydrogen) atoms. The molecule has 0 amide bonds. The SMILES string of the molecule is FC(F)(F)C(F)(F)Oc1cccc(CN2CCC[N]CC2)c1. The fraction of sp³-hybridized carbons (Fsp3) is 0.571. The van der Waals surface area contributed by atoms with Gasteiger partial charge >= 0.3 is 12.3 Å². The lowest BCUT2D eigenvalue weighted by Gasteiger charge is -2.22. The third-order valence-electron chi connectivity index (χ3n) is 3.25. The van der Waals surface area contributed by atoms with Crippen molar-refractivity contribution < 1.29 is 26.7 Å². The predicted molar refractivity (Wildman–Crippen MR) is 69.8 cm³/mol. The summed E-state index contributed by atoms with van der Waals surface area (Å²) in [7, 11) is 0. The predicted octanol–water partition coefficient (Wildman–Crippen LogP) is 3.03. The Morgan fingerprint density at radius 1 is 1.09 bits per heavy atom. The van der Waals surface area contributed by atoms with Crippen molar-refractivity contribution in [3.8, 4) is 5.75 Å². The first-order valence-electron chi connectivity index (χ1n) is 6.86. The lowest BCUT2D eigenvalue weighted by atomic mass is 10.2. The van der Waals surface area contributed by atoms with Gasteiger partial charge in [0.25, 0.3) is 0 Å². The van der Waals surface area contributed by atoms with Gasteiger partial charge in [0.05, 0.1) is 0 Å². The smallest absolute Gasteiger partial charge is 0.426 e. The minimum atomic E-state index is -5.74. The summed E-state index contributed by atoms with van der Waals surface area (Å²) in [6, 6.07) is 5.36. The summed E-state index contributed by atoms with van der Waals surface area (Å²) in [5.41, 5.74) is 0.623. The summed E-state index contributed by atoms with van der Waals surface area (Å²) in [5.74, 6) is -0.501. The van der Waals surface area contributed by atoms with E-state index in [1.807, 2.05) is 0 Å². The molecule has 0 saturated carbocycles. The summed E-state index contributed by atoms with van der Waals surface area (Å²) >= 11 is 0. The zero-order valence-corrected chi connectivity index (χ0v) is 11.7. The van der Waals surface area contributed by atoms with Crippen LogP contribution in [0.1, 0.15) is 12.0 Å². The van der Waals surface area contributed by atoms with E-state index in [4.69, 9.17) is 0 Å². The van der Waals surface area contributed by atoms with Gasteiger partial charge in [-0.05, 0) is 30.7 Å². The first-order chi connectivity index (χ1) is 10.3. The van der Waals surface area contributed by atoms with Gasteiger partial charge in [-0.15, -0.1) is 0 Å². The Labute approximate surface area is 125 Å². The Hall–Kier alpha value is -1.41. The number of benzene rings is 1. The summed E-state index contributed by atoms with van der Waals surface area (Å²) in [5, 5.41) is 4.27. The highest BCUT2D eigenvalue weighted by Crippen LogP contribution is 2.37. The minimum Gasteiger partial charge on any atom is -0.426 e. The van der Waals surface area contributed by atoms with Crippen molar-refractivity contribution in [2.45, 2.75) is 25.3 Å². The second kappa shape index (κ2) is 6.78. The normalized spacial score (nSPS) is 18.0. The quantitative estimate of drug-likeness (QED) is 0.796. The maximum absolute atomic E-state index is 12.9. The second-order valence-electron chi connectivity index (χ2n) is 5.06. The van der Waals surface area contributed by atoms with Crippen molar-refractivity contribution in [2.75, 3.05) is 26.2 Å². The van der Waals surface area contributed by atoms with Gasteiger partial charge in [-0.25, -0.2) is 5.32 Å². The van der Waals surface area contributed by atoms with E-state index < -0.39 is 18.0 Å². The van der Waals surface area contributed by atoms with E-state index in [1.54, 1.807) is 6.07 Å². The van der Waals surface area contributed by atoms with Crippen molar-refractivity contribution in [2.24, 2.45) is 0 Å². The highest BCUT2D eigenvalue weighted by Gasteiger charge is 2.61. The number of hydrogen-bond donors (Lipinski definition) is 0. The molecule has 0 bridgehead atoms. The number of alkyl halides is 5. The molecule has 1 aliphatic heterocycles. The van der Waals surface area contributed by atoms with E-state index in [0.717, 1.165) is 32.1 Å². The zero-order chi connectivity index (χ0) is 16.2. The van der Waals surface area contributed by atoms with Gasteiger partial charge in [0.15, 0.2) is 0 Å². The molecule has 2 rings (SSSR count). The maximum Gasteiger partial charge on any atom is 0.499 e. The second-order valence-corrected chi connectivity index (χ2v) is 5.06. The molecular formula is C14H16F5N2O. The Kier molecular flexibility index (Phi) is 5.23. The number of rotatable bonds is 4. The summed E-state index contributed by atoms with van der Waals surface area (Å²) in [4.78, 5) is 2.08. The zero-order valence-electron chi connectivity index (χ0n) is 11.7. The van der Waals surface area contributed by atoms with Crippen LogP contribution in [-0.2, 0) is 6.54 Å². The number of nitrogens with zero attached hydrogens (tertiary/aromatic N) is 2. The van der Waals surface area contributed by atoms with E-state index in [0.29, 0.717) is 18.7 Å². The lowest BCUT2D eigenvalue weighted by Crippen LogP contribution is -2.41. The van der Waals surface area contributed by atoms with Crippen LogP contribution in [0.25, 0.3) is 0 Å². The van der Waals surface area contributed by atoms with Crippen molar-refractivity contribution in [1.82, 2.24) is 10.2 Å². The van der Waals surface area contributed by atoms with E-state index >= 15 is 0 Å². The minimum absolute atomic E-state index is 0.463. The molecule has 8 heteroatoms.